The van der Waals surface area contributed by atoms with Gasteiger partial charge in [0.05, 0.1) is 29.4 Å². The molecule has 6 N–H and O–H groups in total. The predicted octanol–water partition coefficient (Wildman–Crippen LogP) is 7.53. The molecule has 1 saturated heterocycles. The van der Waals surface area contributed by atoms with Gasteiger partial charge in [-0.15, -0.1) is 0 Å². The van der Waals surface area contributed by atoms with Gasteiger partial charge in [0.15, 0.2) is 0 Å². The van der Waals surface area contributed by atoms with Crippen molar-refractivity contribution < 1.29 is 29.9 Å². The average Bonchev–Trinajstić information content (AvgIpc) is 4.03. The number of benzene rings is 1. The maximum atomic E-state index is 10.6. The molecule has 0 unspecified atom stereocenters. The van der Waals surface area contributed by atoms with Crippen molar-refractivity contribution in [2.24, 2.45) is 0 Å². The summed E-state index contributed by atoms with van der Waals surface area (Å²) in [6, 6.07) is 16.0. The Kier molecular flexibility index (Phi) is 11.8. The van der Waals surface area contributed by atoms with Gasteiger partial charge in [0, 0.05) is 44.3 Å². The largest absolute Gasteiger partial charge is 0.462 e. The van der Waals surface area contributed by atoms with Crippen LogP contribution in [0.25, 0.3) is 57.5 Å². The summed E-state index contributed by atoms with van der Waals surface area (Å²) in [4.78, 5) is 18.1. The van der Waals surface area contributed by atoms with Gasteiger partial charge in [-0.05, 0) is 105 Å². The number of aliphatic hydroxyl groups is 4. The van der Waals surface area contributed by atoms with Gasteiger partial charge in [0.25, 0.3) is 0 Å². The zero-order valence-corrected chi connectivity index (χ0v) is 31.4. The first-order chi connectivity index (χ1) is 26.3. The van der Waals surface area contributed by atoms with Crippen molar-refractivity contribution in [3.05, 3.63) is 88.0 Å². The SMILES string of the molecule is CCCCc1c2nc(c(CCCC)c3ccc([nH]3)c(-c3ccc(O[C@@H]4O[C@H](CO)[C@@H](O)[C@H](O)[C@H]4O)cc3)c3ccc([nH]3)c(CCCC)c3nc1C=C3)C=C2. The fraction of sp³-hybridized carbons (Fsp3) is 0.409. The highest BCUT2D eigenvalue weighted by atomic mass is 16.7. The third-order valence-corrected chi connectivity index (χ3v) is 10.7. The number of nitrogens with one attached hydrogen (secondary N) is 2. The normalized spacial score (nSPS) is 20.8. The molecule has 1 fully saturated rings. The summed E-state index contributed by atoms with van der Waals surface area (Å²) in [6.45, 7) is 6.11. The molecule has 0 spiro atoms. The van der Waals surface area contributed by atoms with E-state index in [9.17, 15) is 20.4 Å². The first-order valence-corrected chi connectivity index (χ1v) is 19.5. The van der Waals surface area contributed by atoms with Crippen LogP contribution in [0.5, 0.6) is 5.75 Å². The van der Waals surface area contributed by atoms with Crippen LogP contribution in [0.4, 0.5) is 0 Å². The van der Waals surface area contributed by atoms with E-state index in [1.165, 1.54) is 16.7 Å². The van der Waals surface area contributed by atoms with Crippen molar-refractivity contribution in [1.29, 1.82) is 0 Å². The monoisotopic (exact) mass is 732 g/mol. The summed E-state index contributed by atoms with van der Waals surface area (Å²) in [7, 11) is 0. The Morgan fingerprint density at radius 2 is 1.06 bits per heavy atom. The molecule has 54 heavy (non-hydrogen) atoms. The second kappa shape index (κ2) is 16.8. The molecule has 7 rings (SSSR count). The van der Waals surface area contributed by atoms with Crippen LogP contribution in [0.3, 0.4) is 0 Å². The van der Waals surface area contributed by atoms with Gasteiger partial charge in [-0.25, -0.2) is 9.97 Å². The van der Waals surface area contributed by atoms with Crippen molar-refractivity contribution in [1.82, 2.24) is 19.9 Å². The number of aromatic nitrogens is 4. The van der Waals surface area contributed by atoms with Gasteiger partial charge in [-0.1, -0.05) is 52.2 Å². The van der Waals surface area contributed by atoms with Crippen LogP contribution in [0, 0.1) is 0 Å². The summed E-state index contributed by atoms with van der Waals surface area (Å²) >= 11 is 0. The van der Waals surface area contributed by atoms with Crippen LogP contribution >= 0.6 is 0 Å². The lowest BCUT2D eigenvalue weighted by Gasteiger charge is -2.39. The Labute approximate surface area is 316 Å². The van der Waals surface area contributed by atoms with Gasteiger partial charge in [-0.2, -0.15) is 0 Å². The van der Waals surface area contributed by atoms with Crippen molar-refractivity contribution in [2.45, 2.75) is 109 Å². The number of aliphatic hydroxyl groups excluding tert-OH is 4. The van der Waals surface area contributed by atoms with Crippen molar-refractivity contribution in [3.8, 4) is 16.9 Å². The molecule has 4 aromatic rings. The predicted molar refractivity (Wildman–Crippen MR) is 215 cm³/mol. The zero-order chi connectivity index (χ0) is 37.8. The number of unbranched alkanes of at least 4 members (excludes halogenated alkanes) is 3. The summed E-state index contributed by atoms with van der Waals surface area (Å²) in [5.41, 5.74) is 13.3. The van der Waals surface area contributed by atoms with E-state index >= 15 is 0 Å². The standard InChI is InChI=1S/C44H52N4O6/c1-4-7-10-28-31-17-19-33(45-31)29(11-8-5-2)35-21-23-37(47-35)40(38-24-22-36(48-38)30(12-9-6-3)34-20-18-32(28)46-34)26-13-15-27(16-14-26)53-44-43(52)42(51)41(50)39(25-49)54-44/h13-24,39,41-44,47-52H,4-12,25H2,1-3H3/t39-,41-,42+,43-,44-/m1/s1. The highest BCUT2D eigenvalue weighted by Gasteiger charge is 2.44. The highest BCUT2D eigenvalue weighted by molar-refractivity contribution is 5.94. The minimum absolute atomic E-state index is 0.396. The van der Waals surface area contributed by atoms with Gasteiger partial charge in [-0.3, -0.25) is 0 Å². The summed E-state index contributed by atoms with van der Waals surface area (Å²) in [5, 5.41) is 40.7. The summed E-state index contributed by atoms with van der Waals surface area (Å²) in [5.74, 6) is 0.396. The fourth-order valence-electron chi connectivity index (χ4n) is 7.54. The lowest BCUT2D eigenvalue weighted by atomic mass is 9.99. The number of nitrogens with zero attached hydrogens (tertiary/aromatic N) is 2. The first-order valence-electron chi connectivity index (χ1n) is 19.5. The van der Waals surface area contributed by atoms with E-state index in [-0.39, 0.29) is 0 Å². The summed E-state index contributed by atoms with van der Waals surface area (Å²) in [6.07, 6.45) is 10.9. The van der Waals surface area contributed by atoms with Crippen molar-refractivity contribution in [2.75, 3.05) is 6.61 Å². The first kappa shape index (κ1) is 37.7. The lowest BCUT2D eigenvalue weighted by molar-refractivity contribution is -0.277. The van der Waals surface area contributed by atoms with E-state index in [0.29, 0.717) is 5.75 Å². The molecule has 0 saturated carbocycles. The Balaban J connectivity index is 1.42. The van der Waals surface area contributed by atoms with E-state index in [1.807, 2.05) is 12.1 Å². The number of H-pyrrole nitrogens is 2. The molecule has 3 aliphatic rings. The van der Waals surface area contributed by atoms with Crippen LogP contribution in [-0.2, 0) is 24.0 Å². The molecule has 6 heterocycles. The number of ether oxygens (including phenoxy) is 2. The van der Waals surface area contributed by atoms with Crippen molar-refractivity contribution in [3.63, 3.8) is 0 Å². The number of aryl methyl sites for hydroxylation is 2. The van der Waals surface area contributed by atoms with Crippen LogP contribution in [0.2, 0.25) is 0 Å². The second-order valence-electron chi connectivity index (χ2n) is 14.5. The third kappa shape index (κ3) is 7.67. The number of aromatic amines is 2. The molecule has 5 atom stereocenters. The topological polar surface area (TPSA) is 157 Å². The molecular formula is C44H52N4O6. The van der Waals surface area contributed by atoms with Gasteiger partial charge in [0.1, 0.15) is 30.2 Å². The maximum Gasteiger partial charge on any atom is 0.229 e. The molecule has 10 nitrogen and oxygen atoms in total. The Morgan fingerprint density at radius 1 is 0.593 bits per heavy atom. The minimum Gasteiger partial charge on any atom is -0.462 e. The van der Waals surface area contributed by atoms with E-state index < -0.39 is 37.3 Å². The molecule has 0 radical (unpaired) electrons. The van der Waals surface area contributed by atoms with Crippen LogP contribution in [0.1, 0.15) is 98.8 Å². The average molecular weight is 733 g/mol. The quantitative estimate of drug-likeness (QED) is 0.0712. The van der Waals surface area contributed by atoms with Crippen LogP contribution in [0.15, 0.2) is 48.5 Å². The van der Waals surface area contributed by atoms with E-state index in [4.69, 9.17) is 19.4 Å². The number of fused-ring (bicyclic) bond motifs is 8. The molecule has 10 heteroatoms. The molecule has 3 aliphatic heterocycles. The smallest absolute Gasteiger partial charge is 0.229 e. The molecular weight excluding hydrogens is 681 g/mol. The Bertz CT molecular complexity index is 2060. The fourth-order valence-corrected chi connectivity index (χ4v) is 7.54. The Hall–Kier alpha value is -4.58. The zero-order valence-electron chi connectivity index (χ0n) is 31.4. The van der Waals surface area contributed by atoms with Crippen LogP contribution in [-0.4, -0.2) is 77.7 Å². The molecule has 3 aromatic heterocycles. The summed E-state index contributed by atoms with van der Waals surface area (Å²) < 4.78 is 11.5. The number of rotatable bonds is 13. The van der Waals surface area contributed by atoms with Gasteiger partial charge >= 0.3 is 0 Å². The Morgan fingerprint density at radius 3 is 1.54 bits per heavy atom. The number of hydrogen-bond acceptors (Lipinski definition) is 8. The van der Waals surface area contributed by atoms with E-state index in [0.717, 1.165) is 114 Å². The number of hydrogen-bond donors (Lipinski definition) is 6. The van der Waals surface area contributed by atoms with Gasteiger partial charge < -0.3 is 39.9 Å². The highest BCUT2D eigenvalue weighted by Crippen LogP contribution is 2.34. The third-order valence-electron chi connectivity index (χ3n) is 10.7. The molecule has 1 aromatic carbocycles. The second-order valence-corrected chi connectivity index (χ2v) is 14.5. The lowest BCUT2D eigenvalue weighted by Crippen LogP contribution is -2.60. The molecule has 284 valence electrons. The molecule has 0 amide bonds. The van der Waals surface area contributed by atoms with Crippen molar-refractivity contribution >= 4 is 46.4 Å². The van der Waals surface area contributed by atoms with E-state index in [2.05, 4.69) is 79.3 Å². The molecule has 8 bridgehead atoms. The van der Waals surface area contributed by atoms with E-state index in [1.54, 1.807) is 12.1 Å². The minimum atomic E-state index is -1.53. The maximum absolute atomic E-state index is 10.6. The van der Waals surface area contributed by atoms with Crippen LogP contribution < -0.4 is 4.74 Å². The molecule has 0 aliphatic carbocycles. The van der Waals surface area contributed by atoms with Gasteiger partial charge in [0.2, 0.25) is 6.29 Å².